The summed E-state index contributed by atoms with van der Waals surface area (Å²) >= 11 is 0. The molecule has 1 fully saturated rings. The van der Waals surface area contributed by atoms with Crippen LogP contribution in [0, 0.1) is 0 Å². The lowest BCUT2D eigenvalue weighted by Gasteiger charge is -2.26. The van der Waals surface area contributed by atoms with Gasteiger partial charge >= 0.3 is 0 Å². The summed E-state index contributed by atoms with van der Waals surface area (Å²) in [4.78, 5) is 52.1. The zero-order valence-electron chi connectivity index (χ0n) is 18.6. The Morgan fingerprint density at radius 2 is 1.91 bits per heavy atom. The lowest BCUT2D eigenvalue weighted by atomic mass is 10.1. The number of unbranched alkanes of at least 4 members (excludes halogenated alkanes) is 2. The van der Waals surface area contributed by atoms with Crippen LogP contribution in [-0.2, 0) is 9.59 Å². The molecule has 174 valence electrons. The number of piperazine rings is 1. The van der Waals surface area contributed by atoms with Crippen LogP contribution >= 0.6 is 0 Å². The third kappa shape index (κ3) is 5.72. The van der Waals surface area contributed by atoms with Crippen molar-refractivity contribution in [3.05, 3.63) is 29.3 Å². The topological polar surface area (TPSA) is 108 Å². The number of fused-ring (bicyclic) bond motifs is 1. The van der Waals surface area contributed by atoms with E-state index in [2.05, 4.69) is 15.5 Å². The second-order valence-corrected chi connectivity index (χ2v) is 8.06. The Kier molecular flexibility index (Phi) is 8.75. The lowest BCUT2D eigenvalue weighted by Crippen LogP contribution is -2.48. The zero-order chi connectivity index (χ0) is 22.9. The van der Waals surface area contributed by atoms with E-state index in [1.165, 1.54) is 7.05 Å². The number of imide groups is 1. The summed E-state index contributed by atoms with van der Waals surface area (Å²) in [6.07, 6.45) is 3.93. The van der Waals surface area contributed by atoms with Gasteiger partial charge in [-0.3, -0.25) is 19.3 Å². The molecule has 1 aromatic rings. The van der Waals surface area contributed by atoms with Gasteiger partial charge in [0.2, 0.25) is 5.91 Å². The van der Waals surface area contributed by atoms with Gasteiger partial charge in [0.25, 0.3) is 11.8 Å². The van der Waals surface area contributed by atoms with Gasteiger partial charge < -0.3 is 25.1 Å². The molecular formula is C23H32N4O5. The fourth-order valence-corrected chi connectivity index (χ4v) is 4.12. The highest BCUT2D eigenvalue weighted by atomic mass is 16.5. The van der Waals surface area contributed by atoms with Crippen molar-refractivity contribution in [3.8, 4) is 5.75 Å². The second-order valence-electron chi connectivity index (χ2n) is 8.06. The molecule has 2 aliphatic rings. The van der Waals surface area contributed by atoms with E-state index in [-0.39, 0.29) is 24.0 Å². The number of benzene rings is 1. The summed E-state index contributed by atoms with van der Waals surface area (Å²) in [7, 11) is 1.43. The third-order valence-corrected chi connectivity index (χ3v) is 5.91. The first-order chi connectivity index (χ1) is 15.6. The number of carbonyl (C=O) groups is 4. The van der Waals surface area contributed by atoms with Crippen molar-refractivity contribution < 1.29 is 23.9 Å². The van der Waals surface area contributed by atoms with Crippen LogP contribution in [0.25, 0.3) is 0 Å². The van der Waals surface area contributed by atoms with E-state index in [1.54, 1.807) is 18.2 Å². The van der Waals surface area contributed by atoms with Gasteiger partial charge in [-0.2, -0.15) is 0 Å². The maximum atomic E-state index is 12.9. The maximum Gasteiger partial charge on any atom is 0.262 e. The van der Waals surface area contributed by atoms with Crippen molar-refractivity contribution >= 4 is 24.0 Å². The quantitative estimate of drug-likeness (QED) is 0.279. The van der Waals surface area contributed by atoms with Gasteiger partial charge in [-0.1, -0.05) is 0 Å². The Morgan fingerprint density at radius 1 is 1.16 bits per heavy atom. The van der Waals surface area contributed by atoms with E-state index in [4.69, 9.17) is 4.74 Å². The van der Waals surface area contributed by atoms with Crippen LogP contribution in [0.3, 0.4) is 0 Å². The largest absolute Gasteiger partial charge is 0.494 e. The SMILES string of the molecule is CNC(=O)C(CCC=O)N1C(=O)c2ccc(OCCCCCN3CCNCC3)cc2C1=O. The van der Waals surface area contributed by atoms with Crippen LogP contribution in [0.5, 0.6) is 5.75 Å². The highest BCUT2D eigenvalue weighted by molar-refractivity contribution is 6.23. The Bertz CT molecular complexity index is 838. The van der Waals surface area contributed by atoms with Crippen molar-refractivity contribution in [1.29, 1.82) is 0 Å². The summed E-state index contributed by atoms with van der Waals surface area (Å²) < 4.78 is 5.80. The van der Waals surface area contributed by atoms with E-state index in [0.717, 1.165) is 56.9 Å². The van der Waals surface area contributed by atoms with Gasteiger partial charge in [-0.25, -0.2) is 0 Å². The maximum absolute atomic E-state index is 12.9. The number of amides is 3. The molecular weight excluding hydrogens is 412 g/mol. The molecule has 1 unspecified atom stereocenters. The molecule has 0 saturated carbocycles. The Labute approximate surface area is 188 Å². The van der Waals surface area contributed by atoms with E-state index in [9.17, 15) is 19.2 Å². The van der Waals surface area contributed by atoms with Gasteiger partial charge in [0.1, 0.15) is 18.1 Å². The molecule has 0 radical (unpaired) electrons. The normalized spacial score (nSPS) is 17.2. The Balaban J connectivity index is 1.53. The minimum atomic E-state index is -1.02. The number of ether oxygens (including phenoxy) is 1. The van der Waals surface area contributed by atoms with Crippen molar-refractivity contribution in [3.63, 3.8) is 0 Å². The van der Waals surface area contributed by atoms with E-state index < -0.39 is 23.8 Å². The number of hydrogen-bond donors (Lipinski definition) is 2. The molecule has 0 bridgehead atoms. The van der Waals surface area contributed by atoms with Crippen LogP contribution in [0.4, 0.5) is 0 Å². The van der Waals surface area contributed by atoms with Crippen molar-refractivity contribution in [1.82, 2.24) is 20.4 Å². The highest BCUT2D eigenvalue weighted by Crippen LogP contribution is 2.29. The molecule has 1 saturated heterocycles. The van der Waals surface area contributed by atoms with Gasteiger partial charge in [0.05, 0.1) is 17.7 Å². The van der Waals surface area contributed by atoms with Gasteiger partial charge in [0.15, 0.2) is 0 Å². The number of aldehydes is 1. The van der Waals surface area contributed by atoms with Crippen LogP contribution < -0.4 is 15.4 Å². The second kappa shape index (κ2) is 11.7. The van der Waals surface area contributed by atoms with Crippen molar-refractivity contribution in [2.75, 3.05) is 46.4 Å². The van der Waals surface area contributed by atoms with Crippen LogP contribution in [0.2, 0.25) is 0 Å². The minimum Gasteiger partial charge on any atom is -0.494 e. The molecule has 9 nitrogen and oxygen atoms in total. The van der Waals surface area contributed by atoms with Gasteiger partial charge in [-0.05, 0) is 50.4 Å². The fraction of sp³-hybridized carbons (Fsp3) is 0.565. The summed E-state index contributed by atoms with van der Waals surface area (Å²) in [5.41, 5.74) is 0.476. The third-order valence-electron chi connectivity index (χ3n) is 5.91. The summed E-state index contributed by atoms with van der Waals surface area (Å²) in [5.74, 6) is -1.01. The standard InChI is InChI=1S/C23H32N4O5/c1-24-21(29)20(6-5-14-28)27-22(30)18-8-7-17(16-19(18)23(27)31)32-15-4-2-3-11-26-12-9-25-10-13-26/h7-8,14,16,20,25H,2-6,9-13,15H2,1H3,(H,24,29). The predicted molar refractivity (Wildman–Crippen MR) is 119 cm³/mol. The molecule has 2 N–H and O–H groups in total. The average Bonchev–Trinajstić information content (AvgIpc) is 3.06. The molecule has 3 rings (SSSR count). The van der Waals surface area contributed by atoms with Crippen LogP contribution in [0.1, 0.15) is 52.8 Å². The molecule has 1 aromatic carbocycles. The van der Waals surface area contributed by atoms with E-state index in [1.807, 2.05) is 0 Å². The monoisotopic (exact) mass is 444 g/mol. The predicted octanol–water partition coefficient (Wildman–Crippen LogP) is 0.831. The number of carbonyl (C=O) groups excluding carboxylic acids is 4. The Morgan fingerprint density at radius 3 is 2.62 bits per heavy atom. The van der Waals surface area contributed by atoms with Crippen molar-refractivity contribution in [2.45, 2.75) is 38.1 Å². The lowest BCUT2D eigenvalue weighted by molar-refractivity contribution is -0.124. The van der Waals surface area contributed by atoms with Crippen LogP contribution in [-0.4, -0.2) is 86.2 Å². The number of nitrogens with zero attached hydrogens (tertiary/aromatic N) is 2. The van der Waals surface area contributed by atoms with E-state index >= 15 is 0 Å². The smallest absolute Gasteiger partial charge is 0.262 e. The fourth-order valence-electron chi connectivity index (χ4n) is 4.12. The first kappa shape index (κ1) is 23.9. The van der Waals surface area contributed by atoms with Crippen LogP contribution in [0.15, 0.2) is 18.2 Å². The number of nitrogens with one attached hydrogen (secondary N) is 2. The molecule has 0 aliphatic carbocycles. The molecule has 0 spiro atoms. The van der Waals surface area contributed by atoms with Gasteiger partial charge in [-0.15, -0.1) is 0 Å². The number of hydrogen-bond acceptors (Lipinski definition) is 7. The molecule has 32 heavy (non-hydrogen) atoms. The summed E-state index contributed by atoms with van der Waals surface area (Å²) in [6.45, 7) is 5.95. The number of likely N-dealkylation sites (N-methyl/N-ethyl adjacent to an activating group) is 1. The van der Waals surface area contributed by atoms with Crippen molar-refractivity contribution in [2.24, 2.45) is 0 Å². The average molecular weight is 445 g/mol. The highest BCUT2D eigenvalue weighted by Gasteiger charge is 2.42. The number of rotatable bonds is 12. The molecule has 2 aliphatic heterocycles. The summed E-state index contributed by atoms with van der Waals surface area (Å²) in [6, 6.07) is 3.79. The molecule has 2 heterocycles. The molecule has 0 aromatic heterocycles. The zero-order valence-corrected chi connectivity index (χ0v) is 18.6. The summed E-state index contributed by atoms with van der Waals surface area (Å²) in [5, 5.41) is 5.81. The Hall–Kier alpha value is -2.78. The molecule has 1 atom stereocenters. The first-order valence-corrected chi connectivity index (χ1v) is 11.3. The molecule has 9 heteroatoms. The minimum absolute atomic E-state index is 0.0779. The molecule has 3 amide bonds. The van der Waals surface area contributed by atoms with Gasteiger partial charge in [0, 0.05) is 39.6 Å². The van der Waals surface area contributed by atoms with E-state index in [0.29, 0.717) is 18.6 Å². The first-order valence-electron chi connectivity index (χ1n) is 11.3.